The van der Waals surface area contributed by atoms with Crippen molar-refractivity contribution in [1.29, 1.82) is 0 Å². The highest BCUT2D eigenvalue weighted by molar-refractivity contribution is 5.96. The highest BCUT2D eigenvalue weighted by atomic mass is 16.5. The third-order valence-electron chi connectivity index (χ3n) is 2.49. The van der Waals surface area contributed by atoms with Crippen LogP contribution in [0.1, 0.15) is 31.9 Å². The standard InChI is InChI=1S/C13H19NO2/c1-9-7-6-8-10(2)11(9)14(16)12(15)13(3,4)5/h6-8,16H,1-5H3. The molecule has 1 N–H and O–H groups in total. The van der Waals surface area contributed by atoms with Gasteiger partial charge in [-0.3, -0.25) is 10.0 Å². The first-order valence-electron chi connectivity index (χ1n) is 5.35. The molecule has 1 aromatic rings. The van der Waals surface area contributed by atoms with Crippen LogP contribution in [0, 0.1) is 19.3 Å². The first-order chi connectivity index (χ1) is 7.25. The summed E-state index contributed by atoms with van der Waals surface area (Å²) in [7, 11) is 0. The van der Waals surface area contributed by atoms with E-state index in [4.69, 9.17) is 0 Å². The second kappa shape index (κ2) is 4.26. The molecule has 16 heavy (non-hydrogen) atoms. The molecule has 0 fully saturated rings. The Hall–Kier alpha value is -1.35. The number of amides is 1. The van der Waals surface area contributed by atoms with Crippen molar-refractivity contribution >= 4 is 11.6 Å². The minimum absolute atomic E-state index is 0.301. The molecule has 0 aliphatic heterocycles. The summed E-state index contributed by atoms with van der Waals surface area (Å²) in [4.78, 5) is 11.9. The molecule has 0 aromatic heterocycles. The zero-order valence-corrected chi connectivity index (χ0v) is 10.5. The number of hydrogen-bond acceptors (Lipinski definition) is 2. The van der Waals surface area contributed by atoms with E-state index in [0.29, 0.717) is 5.69 Å². The highest BCUT2D eigenvalue weighted by Gasteiger charge is 2.28. The van der Waals surface area contributed by atoms with Crippen molar-refractivity contribution in [2.75, 3.05) is 5.06 Å². The van der Waals surface area contributed by atoms with Crippen LogP contribution in [-0.2, 0) is 4.79 Å². The van der Waals surface area contributed by atoms with Crippen LogP contribution in [0.4, 0.5) is 5.69 Å². The van der Waals surface area contributed by atoms with Crippen LogP contribution in [0.25, 0.3) is 0 Å². The summed E-state index contributed by atoms with van der Waals surface area (Å²) in [6.45, 7) is 9.10. The van der Waals surface area contributed by atoms with Crippen LogP contribution in [0.5, 0.6) is 0 Å². The highest BCUT2D eigenvalue weighted by Crippen LogP contribution is 2.27. The maximum absolute atomic E-state index is 11.9. The number of carbonyl (C=O) groups excluding carboxylic acids is 1. The molecular weight excluding hydrogens is 202 g/mol. The Labute approximate surface area is 96.7 Å². The van der Waals surface area contributed by atoms with E-state index in [2.05, 4.69) is 0 Å². The zero-order chi connectivity index (χ0) is 12.5. The van der Waals surface area contributed by atoms with Gasteiger partial charge in [0, 0.05) is 5.41 Å². The fraction of sp³-hybridized carbons (Fsp3) is 0.462. The number of hydrogen-bond donors (Lipinski definition) is 1. The van der Waals surface area contributed by atoms with Gasteiger partial charge in [-0.15, -0.1) is 0 Å². The molecule has 0 saturated heterocycles. The van der Waals surface area contributed by atoms with Gasteiger partial charge in [0.2, 0.25) is 0 Å². The predicted molar refractivity (Wildman–Crippen MR) is 64.6 cm³/mol. The Morgan fingerprint density at radius 2 is 1.62 bits per heavy atom. The van der Waals surface area contributed by atoms with Gasteiger partial charge in [-0.1, -0.05) is 39.0 Å². The van der Waals surface area contributed by atoms with Crippen LogP contribution in [0.2, 0.25) is 0 Å². The minimum Gasteiger partial charge on any atom is -0.281 e. The van der Waals surface area contributed by atoms with Gasteiger partial charge in [-0.2, -0.15) is 5.06 Å². The molecule has 0 atom stereocenters. The van der Waals surface area contributed by atoms with E-state index in [9.17, 15) is 10.0 Å². The molecule has 1 aromatic carbocycles. The van der Waals surface area contributed by atoms with Crippen molar-refractivity contribution in [2.24, 2.45) is 5.41 Å². The molecule has 0 spiro atoms. The fourth-order valence-electron chi connectivity index (χ4n) is 1.56. The molecule has 0 heterocycles. The maximum Gasteiger partial charge on any atom is 0.256 e. The lowest BCUT2D eigenvalue weighted by Gasteiger charge is -2.26. The quantitative estimate of drug-likeness (QED) is 0.585. The second-order valence-corrected chi connectivity index (χ2v) is 5.11. The van der Waals surface area contributed by atoms with Crippen molar-refractivity contribution in [3.63, 3.8) is 0 Å². The summed E-state index contributed by atoms with van der Waals surface area (Å²) in [5, 5.41) is 10.7. The van der Waals surface area contributed by atoms with Gasteiger partial charge in [0.05, 0.1) is 5.69 Å². The molecule has 0 aliphatic carbocycles. The number of nitrogens with zero attached hydrogens (tertiary/aromatic N) is 1. The van der Waals surface area contributed by atoms with Crippen LogP contribution >= 0.6 is 0 Å². The Morgan fingerprint density at radius 1 is 1.19 bits per heavy atom. The van der Waals surface area contributed by atoms with Crippen LogP contribution < -0.4 is 5.06 Å². The molecule has 3 heteroatoms. The van der Waals surface area contributed by atoms with Crippen molar-refractivity contribution in [3.05, 3.63) is 29.3 Å². The molecule has 0 aliphatic rings. The summed E-state index contributed by atoms with van der Waals surface area (Å²) < 4.78 is 0. The minimum atomic E-state index is -0.594. The summed E-state index contributed by atoms with van der Waals surface area (Å²) in [5.41, 5.74) is 1.77. The fourth-order valence-corrected chi connectivity index (χ4v) is 1.56. The summed E-state index contributed by atoms with van der Waals surface area (Å²) in [5.74, 6) is -0.301. The number of rotatable bonds is 1. The summed E-state index contributed by atoms with van der Waals surface area (Å²) >= 11 is 0. The lowest BCUT2D eigenvalue weighted by molar-refractivity contribution is -0.131. The van der Waals surface area contributed by atoms with Gasteiger partial charge in [0.1, 0.15) is 0 Å². The maximum atomic E-state index is 11.9. The SMILES string of the molecule is Cc1cccc(C)c1N(O)C(=O)C(C)(C)C. The lowest BCUT2D eigenvalue weighted by atomic mass is 9.94. The van der Waals surface area contributed by atoms with E-state index in [1.54, 1.807) is 20.8 Å². The largest absolute Gasteiger partial charge is 0.281 e. The van der Waals surface area contributed by atoms with Crippen molar-refractivity contribution < 1.29 is 10.0 Å². The van der Waals surface area contributed by atoms with Crippen LogP contribution in [0.15, 0.2) is 18.2 Å². The first kappa shape index (κ1) is 12.7. The van der Waals surface area contributed by atoms with Crippen molar-refractivity contribution in [3.8, 4) is 0 Å². The number of hydroxylamine groups is 1. The number of aryl methyl sites for hydroxylation is 2. The van der Waals surface area contributed by atoms with Crippen molar-refractivity contribution in [2.45, 2.75) is 34.6 Å². The van der Waals surface area contributed by atoms with Gasteiger partial charge in [-0.05, 0) is 25.0 Å². The third-order valence-corrected chi connectivity index (χ3v) is 2.49. The van der Waals surface area contributed by atoms with Gasteiger partial charge < -0.3 is 0 Å². The van der Waals surface area contributed by atoms with Crippen LogP contribution in [-0.4, -0.2) is 11.1 Å². The number of para-hydroxylation sites is 1. The van der Waals surface area contributed by atoms with Gasteiger partial charge in [0.25, 0.3) is 5.91 Å². The second-order valence-electron chi connectivity index (χ2n) is 5.11. The molecule has 0 radical (unpaired) electrons. The van der Waals surface area contributed by atoms with E-state index in [1.807, 2.05) is 32.0 Å². The monoisotopic (exact) mass is 221 g/mol. The van der Waals surface area contributed by atoms with E-state index < -0.39 is 5.41 Å². The van der Waals surface area contributed by atoms with Gasteiger partial charge in [0.15, 0.2) is 0 Å². The Morgan fingerprint density at radius 3 is 2.00 bits per heavy atom. The number of benzene rings is 1. The number of anilines is 1. The molecular formula is C13H19NO2. The number of carbonyl (C=O) groups is 1. The van der Waals surface area contributed by atoms with E-state index >= 15 is 0 Å². The van der Waals surface area contributed by atoms with E-state index in [1.165, 1.54) is 0 Å². The average Bonchev–Trinajstić information content (AvgIpc) is 2.14. The molecule has 1 rings (SSSR count). The smallest absolute Gasteiger partial charge is 0.256 e. The molecule has 0 unspecified atom stereocenters. The zero-order valence-electron chi connectivity index (χ0n) is 10.5. The Bertz CT molecular complexity index is 385. The molecule has 0 bridgehead atoms. The van der Waals surface area contributed by atoms with Gasteiger partial charge in [-0.25, -0.2) is 0 Å². The summed E-state index contributed by atoms with van der Waals surface area (Å²) in [6, 6.07) is 5.66. The topological polar surface area (TPSA) is 40.5 Å². The Balaban J connectivity index is 3.15. The lowest BCUT2D eigenvalue weighted by Crippen LogP contribution is -2.37. The Kier molecular flexibility index (Phi) is 3.38. The van der Waals surface area contributed by atoms with E-state index in [0.717, 1.165) is 16.2 Å². The van der Waals surface area contributed by atoms with Gasteiger partial charge >= 0.3 is 0 Å². The molecule has 1 amide bonds. The van der Waals surface area contributed by atoms with E-state index in [-0.39, 0.29) is 5.91 Å². The summed E-state index contributed by atoms with van der Waals surface area (Å²) in [6.07, 6.45) is 0. The average molecular weight is 221 g/mol. The predicted octanol–water partition coefficient (Wildman–Crippen LogP) is 3.07. The molecule has 88 valence electrons. The first-order valence-corrected chi connectivity index (χ1v) is 5.35. The molecule has 0 saturated carbocycles. The molecule has 3 nitrogen and oxygen atoms in total. The third kappa shape index (κ3) is 2.42. The van der Waals surface area contributed by atoms with Crippen molar-refractivity contribution in [1.82, 2.24) is 0 Å². The normalized spacial score (nSPS) is 11.4. The van der Waals surface area contributed by atoms with Crippen LogP contribution in [0.3, 0.4) is 0 Å².